The molecule has 100 valence electrons. The molecular weight excluding hydrogens is 253 g/mol. The maximum Gasteiger partial charge on any atom is 0.317 e. The molecule has 0 unspecified atom stereocenters. The van der Waals surface area contributed by atoms with Crippen LogP contribution in [0.1, 0.15) is 12.0 Å². The van der Waals surface area contributed by atoms with Gasteiger partial charge in [-0.25, -0.2) is 4.39 Å². The highest BCUT2D eigenvalue weighted by Gasteiger charge is 2.10. The first-order valence-corrected chi connectivity index (χ1v) is 5.69. The van der Waals surface area contributed by atoms with E-state index in [-0.39, 0.29) is 12.4 Å². The fourth-order valence-corrected chi connectivity index (χ4v) is 1.81. The monoisotopic (exact) mass is 265 g/mol. The number of carboxylic acid groups (broad SMARTS) is 1. The average molecular weight is 265 g/mol. The number of aliphatic carboxylic acids is 1. The van der Waals surface area contributed by atoms with Crippen LogP contribution < -0.4 is 0 Å². The zero-order chi connectivity index (χ0) is 13.8. The van der Waals surface area contributed by atoms with Crippen LogP contribution in [0.4, 0.5) is 4.39 Å². The average Bonchev–Trinajstić information content (AvgIpc) is 2.71. The van der Waals surface area contributed by atoms with Gasteiger partial charge in [-0.05, 0) is 23.8 Å². The van der Waals surface area contributed by atoms with Crippen LogP contribution in [-0.4, -0.2) is 28.6 Å². The summed E-state index contributed by atoms with van der Waals surface area (Å²) in [5, 5.41) is 9.12. The minimum atomic E-state index is -1.22. The van der Waals surface area contributed by atoms with Gasteiger partial charge in [0.1, 0.15) is 12.2 Å². The Labute approximate surface area is 108 Å². The highest BCUT2D eigenvalue weighted by atomic mass is 19.1. The van der Waals surface area contributed by atoms with Crippen molar-refractivity contribution >= 4 is 22.8 Å². The molecule has 0 spiro atoms. The van der Waals surface area contributed by atoms with Gasteiger partial charge in [-0.1, -0.05) is 0 Å². The van der Waals surface area contributed by atoms with Gasteiger partial charge in [-0.3, -0.25) is 9.59 Å². The van der Waals surface area contributed by atoms with Crippen molar-refractivity contribution in [3.63, 3.8) is 0 Å². The summed E-state index contributed by atoms with van der Waals surface area (Å²) in [5.74, 6) is -2.34. The molecule has 0 bridgehead atoms. The quantitative estimate of drug-likeness (QED) is 0.639. The zero-order valence-corrected chi connectivity index (χ0v) is 9.98. The van der Waals surface area contributed by atoms with E-state index in [1.165, 1.54) is 12.1 Å². The van der Waals surface area contributed by atoms with E-state index in [0.717, 1.165) is 16.5 Å². The topological polar surface area (TPSA) is 79.4 Å². The maximum absolute atomic E-state index is 13.1. The third-order valence-corrected chi connectivity index (χ3v) is 2.66. The van der Waals surface area contributed by atoms with Crippen LogP contribution in [-0.2, 0) is 20.7 Å². The molecule has 6 heteroatoms. The first-order valence-electron chi connectivity index (χ1n) is 5.69. The minimum Gasteiger partial charge on any atom is -0.481 e. The lowest BCUT2D eigenvalue weighted by Crippen LogP contribution is -2.12. The molecule has 2 aromatic rings. The zero-order valence-electron chi connectivity index (χ0n) is 9.98. The van der Waals surface area contributed by atoms with Crippen LogP contribution >= 0.6 is 0 Å². The number of hydrogen-bond donors (Lipinski definition) is 2. The van der Waals surface area contributed by atoms with Crippen LogP contribution in [0.5, 0.6) is 0 Å². The van der Waals surface area contributed by atoms with Gasteiger partial charge in [0.25, 0.3) is 0 Å². The van der Waals surface area contributed by atoms with Gasteiger partial charge in [-0.15, -0.1) is 0 Å². The SMILES string of the molecule is O=C(O)CC(=O)OCCc1c[nH]c2ccc(F)cc12. The van der Waals surface area contributed by atoms with Crippen molar-refractivity contribution in [3.8, 4) is 0 Å². The number of carboxylic acids is 1. The number of carbonyl (C=O) groups is 2. The molecule has 0 saturated heterocycles. The van der Waals surface area contributed by atoms with Crippen molar-refractivity contribution in [2.24, 2.45) is 0 Å². The van der Waals surface area contributed by atoms with Gasteiger partial charge in [0, 0.05) is 23.5 Å². The number of halogens is 1. The summed E-state index contributed by atoms with van der Waals surface area (Å²) in [4.78, 5) is 24.3. The Hall–Kier alpha value is -2.37. The number of carbonyl (C=O) groups excluding carboxylic acids is 1. The molecular formula is C13H12FNO4. The van der Waals surface area contributed by atoms with E-state index in [9.17, 15) is 14.0 Å². The molecule has 2 rings (SSSR count). The number of nitrogens with one attached hydrogen (secondary N) is 1. The number of benzene rings is 1. The van der Waals surface area contributed by atoms with Gasteiger partial charge < -0.3 is 14.8 Å². The van der Waals surface area contributed by atoms with Gasteiger partial charge in [0.2, 0.25) is 0 Å². The Morgan fingerprint density at radius 1 is 1.37 bits per heavy atom. The largest absolute Gasteiger partial charge is 0.481 e. The first-order chi connectivity index (χ1) is 9.06. The summed E-state index contributed by atoms with van der Waals surface area (Å²) in [6.45, 7) is 0.0651. The van der Waals surface area contributed by atoms with E-state index in [2.05, 4.69) is 4.98 Å². The lowest BCUT2D eigenvalue weighted by atomic mass is 10.1. The number of aromatic nitrogens is 1. The Bertz CT molecular complexity index is 620. The predicted molar refractivity (Wildman–Crippen MR) is 65.2 cm³/mol. The summed E-state index contributed by atoms with van der Waals surface area (Å²) >= 11 is 0. The fraction of sp³-hybridized carbons (Fsp3) is 0.231. The van der Waals surface area contributed by atoms with Crippen LogP contribution in [0.15, 0.2) is 24.4 Å². The van der Waals surface area contributed by atoms with Gasteiger partial charge in [0.15, 0.2) is 0 Å². The summed E-state index contributed by atoms with van der Waals surface area (Å²) in [6.07, 6.45) is 1.46. The smallest absolute Gasteiger partial charge is 0.317 e. The molecule has 0 aliphatic carbocycles. The first kappa shape index (κ1) is 13.1. The Kier molecular flexibility index (Phi) is 3.79. The molecule has 2 N–H and O–H groups in total. The van der Waals surface area contributed by atoms with Crippen molar-refractivity contribution in [3.05, 3.63) is 35.8 Å². The summed E-state index contributed by atoms with van der Waals surface area (Å²) in [7, 11) is 0. The standard InChI is InChI=1S/C13H12FNO4/c14-9-1-2-11-10(5-9)8(7-15-11)3-4-19-13(18)6-12(16)17/h1-2,5,7,15H,3-4,6H2,(H,16,17). The van der Waals surface area contributed by atoms with Crippen LogP contribution in [0, 0.1) is 5.82 Å². The number of ether oxygens (including phenoxy) is 1. The Morgan fingerprint density at radius 2 is 2.16 bits per heavy atom. The molecule has 0 radical (unpaired) electrons. The highest BCUT2D eigenvalue weighted by Crippen LogP contribution is 2.19. The summed E-state index contributed by atoms with van der Waals surface area (Å²) < 4.78 is 17.9. The third kappa shape index (κ3) is 3.31. The molecule has 0 saturated carbocycles. The number of aromatic amines is 1. The molecule has 1 heterocycles. The lowest BCUT2D eigenvalue weighted by molar-refractivity contribution is -0.151. The number of hydrogen-bond acceptors (Lipinski definition) is 3. The van der Waals surface area contributed by atoms with Crippen molar-refractivity contribution in [1.29, 1.82) is 0 Å². The number of H-pyrrole nitrogens is 1. The number of esters is 1. The normalized spacial score (nSPS) is 10.6. The summed E-state index contributed by atoms with van der Waals surface area (Å²) in [6, 6.07) is 4.39. The second-order valence-electron chi connectivity index (χ2n) is 4.04. The molecule has 19 heavy (non-hydrogen) atoms. The number of fused-ring (bicyclic) bond motifs is 1. The molecule has 0 fully saturated rings. The highest BCUT2D eigenvalue weighted by molar-refractivity contribution is 5.90. The molecule has 5 nitrogen and oxygen atoms in total. The van der Waals surface area contributed by atoms with Crippen LogP contribution in [0.2, 0.25) is 0 Å². The Morgan fingerprint density at radius 3 is 2.89 bits per heavy atom. The van der Waals surface area contributed by atoms with Crippen LogP contribution in [0.3, 0.4) is 0 Å². The predicted octanol–water partition coefficient (Wildman–Crippen LogP) is 1.87. The van der Waals surface area contributed by atoms with E-state index in [4.69, 9.17) is 9.84 Å². The van der Waals surface area contributed by atoms with Crippen molar-refractivity contribution in [2.75, 3.05) is 6.61 Å². The molecule has 0 atom stereocenters. The molecule has 1 aromatic heterocycles. The minimum absolute atomic E-state index is 0.0651. The third-order valence-electron chi connectivity index (χ3n) is 2.66. The van der Waals surface area contributed by atoms with E-state index < -0.39 is 18.4 Å². The lowest BCUT2D eigenvalue weighted by Gasteiger charge is -2.02. The van der Waals surface area contributed by atoms with E-state index >= 15 is 0 Å². The molecule has 0 aliphatic rings. The van der Waals surface area contributed by atoms with Gasteiger partial charge in [0.05, 0.1) is 6.61 Å². The molecule has 0 aliphatic heterocycles. The van der Waals surface area contributed by atoms with Gasteiger partial charge in [-0.2, -0.15) is 0 Å². The second-order valence-corrected chi connectivity index (χ2v) is 4.04. The van der Waals surface area contributed by atoms with Crippen molar-refractivity contribution < 1.29 is 23.8 Å². The fourth-order valence-electron chi connectivity index (χ4n) is 1.81. The Balaban J connectivity index is 1.96. The van der Waals surface area contributed by atoms with Crippen molar-refractivity contribution in [2.45, 2.75) is 12.8 Å². The second kappa shape index (κ2) is 5.51. The summed E-state index contributed by atoms with van der Waals surface area (Å²) in [5.41, 5.74) is 1.62. The van der Waals surface area contributed by atoms with Crippen LogP contribution in [0.25, 0.3) is 10.9 Å². The van der Waals surface area contributed by atoms with Crippen molar-refractivity contribution in [1.82, 2.24) is 4.98 Å². The molecule has 1 aromatic carbocycles. The van der Waals surface area contributed by atoms with Gasteiger partial charge >= 0.3 is 11.9 Å². The maximum atomic E-state index is 13.1. The number of rotatable bonds is 5. The van der Waals surface area contributed by atoms with E-state index in [0.29, 0.717) is 6.42 Å². The van der Waals surface area contributed by atoms with E-state index in [1.54, 1.807) is 12.3 Å². The van der Waals surface area contributed by atoms with E-state index in [1.807, 2.05) is 0 Å². The molecule has 0 amide bonds.